The summed E-state index contributed by atoms with van der Waals surface area (Å²) in [7, 11) is 0. The average molecular weight is 434 g/mol. The van der Waals surface area contributed by atoms with Crippen molar-refractivity contribution in [1.82, 2.24) is 19.6 Å². The molecule has 0 radical (unpaired) electrons. The van der Waals surface area contributed by atoms with E-state index >= 15 is 0 Å². The van der Waals surface area contributed by atoms with Crippen LogP contribution in [0, 0.1) is 12.7 Å². The summed E-state index contributed by atoms with van der Waals surface area (Å²) in [6, 6.07) is 4.62. The molecule has 1 fully saturated rings. The maximum atomic E-state index is 14.4. The number of carbonyl (C=O) groups excluding carboxylic acids is 1. The number of hydrogen-bond donors (Lipinski definition) is 4. The maximum Gasteiger partial charge on any atom is 0.404 e. The fourth-order valence-corrected chi connectivity index (χ4v) is 3.58. The Morgan fingerprint density at radius 1 is 1.30 bits per heavy atom. The molecular formula is C19H23FN6O3S. The van der Waals surface area contributed by atoms with Crippen molar-refractivity contribution in [2.24, 2.45) is 0 Å². The third-order valence-corrected chi connectivity index (χ3v) is 5.25. The van der Waals surface area contributed by atoms with Gasteiger partial charge >= 0.3 is 12.1 Å². The molecule has 1 aromatic carbocycles. The maximum absolute atomic E-state index is 14.4. The molecule has 0 saturated carbocycles. The number of rotatable bonds is 6. The molecule has 0 unspecified atom stereocenters. The van der Waals surface area contributed by atoms with Crippen LogP contribution < -0.4 is 16.0 Å². The minimum absolute atomic E-state index is 0.204. The van der Waals surface area contributed by atoms with E-state index in [0.29, 0.717) is 54.7 Å². The Balaban J connectivity index is 1.50. The molecule has 30 heavy (non-hydrogen) atoms. The van der Waals surface area contributed by atoms with E-state index in [2.05, 4.69) is 25.3 Å². The Morgan fingerprint density at radius 3 is 2.70 bits per heavy atom. The largest absolute Gasteiger partial charge is 0.465 e. The second-order valence-electron chi connectivity index (χ2n) is 6.76. The number of likely N-dealkylation sites (tertiary alicyclic amines) is 1. The lowest BCUT2D eigenvalue weighted by atomic mass is 10.0. The standard InChI is InChI=1S/C19H23FN6O3S/c1-12-23-17(30-25-12)24-18(27)26-8-4-13(5-9-26)10-14-2-3-15(11-16(14)20)21-6-7-22-19(28)29/h2-3,10-11,21-22H,4-9H2,1H3,(H,28,29)(H,23,24,25,27). The number of halogens is 1. The van der Waals surface area contributed by atoms with E-state index in [0.717, 1.165) is 17.1 Å². The average Bonchev–Trinajstić information content (AvgIpc) is 3.12. The van der Waals surface area contributed by atoms with Gasteiger partial charge in [0.1, 0.15) is 11.6 Å². The first-order valence-corrected chi connectivity index (χ1v) is 10.2. The van der Waals surface area contributed by atoms with Crippen molar-refractivity contribution in [3.05, 3.63) is 41.0 Å². The van der Waals surface area contributed by atoms with Gasteiger partial charge in [-0.25, -0.2) is 19.0 Å². The normalized spacial score (nSPS) is 13.7. The highest BCUT2D eigenvalue weighted by atomic mass is 32.1. The Hall–Kier alpha value is -3.21. The van der Waals surface area contributed by atoms with E-state index in [-0.39, 0.29) is 18.4 Å². The summed E-state index contributed by atoms with van der Waals surface area (Å²) in [5, 5.41) is 17.0. The van der Waals surface area contributed by atoms with Crippen molar-refractivity contribution < 1.29 is 19.1 Å². The highest BCUT2D eigenvalue weighted by Gasteiger charge is 2.20. The van der Waals surface area contributed by atoms with E-state index in [1.54, 1.807) is 24.0 Å². The third kappa shape index (κ3) is 6.14. The number of aromatic nitrogens is 2. The Kier molecular flexibility index (Phi) is 7.17. The molecule has 1 aliphatic rings. The summed E-state index contributed by atoms with van der Waals surface area (Å²) in [4.78, 5) is 28.5. The van der Waals surface area contributed by atoms with Crippen LogP contribution in [0.4, 0.5) is 24.8 Å². The Bertz CT molecular complexity index is 938. The number of nitrogens with zero attached hydrogens (tertiary/aromatic N) is 3. The lowest BCUT2D eigenvalue weighted by Gasteiger charge is -2.28. The first kappa shape index (κ1) is 21.5. The van der Waals surface area contributed by atoms with Crippen molar-refractivity contribution in [2.45, 2.75) is 19.8 Å². The molecule has 1 saturated heterocycles. The zero-order valence-electron chi connectivity index (χ0n) is 16.4. The van der Waals surface area contributed by atoms with Crippen LogP contribution in [0.2, 0.25) is 0 Å². The summed E-state index contributed by atoms with van der Waals surface area (Å²) in [6.07, 6.45) is 2.07. The summed E-state index contributed by atoms with van der Waals surface area (Å²) >= 11 is 1.15. The van der Waals surface area contributed by atoms with Gasteiger partial charge < -0.3 is 20.6 Å². The number of amides is 3. The van der Waals surface area contributed by atoms with Crippen LogP contribution in [0.25, 0.3) is 6.08 Å². The van der Waals surface area contributed by atoms with E-state index in [1.807, 2.05) is 6.08 Å². The van der Waals surface area contributed by atoms with Crippen LogP contribution >= 0.6 is 11.5 Å². The fourth-order valence-electron chi connectivity index (χ4n) is 3.01. The summed E-state index contributed by atoms with van der Waals surface area (Å²) in [6.45, 7) is 3.45. The van der Waals surface area contributed by atoms with Gasteiger partial charge in [0.15, 0.2) is 0 Å². The quantitative estimate of drug-likeness (QED) is 0.518. The number of hydrogen-bond acceptors (Lipinski definition) is 6. The van der Waals surface area contributed by atoms with Crippen LogP contribution in [-0.4, -0.2) is 57.7 Å². The highest BCUT2D eigenvalue weighted by molar-refractivity contribution is 7.09. The van der Waals surface area contributed by atoms with Crippen LogP contribution in [-0.2, 0) is 0 Å². The van der Waals surface area contributed by atoms with Crippen molar-refractivity contribution in [3.63, 3.8) is 0 Å². The molecule has 11 heteroatoms. The zero-order valence-corrected chi connectivity index (χ0v) is 17.3. The lowest BCUT2D eigenvalue weighted by molar-refractivity contribution is 0.195. The SMILES string of the molecule is Cc1nsc(NC(=O)N2CCC(=Cc3ccc(NCCNC(=O)O)cc3F)CC2)n1. The molecule has 2 heterocycles. The van der Waals surface area contributed by atoms with Crippen LogP contribution in [0.5, 0.6) is 0 Å². The number of urea groups is 1. The second kappa shape index (κ2) is 10.0. The smallest absolute Gasteiger partial charge is 0.404 e. The Morgan fingerprint density at radius 2 is 2.07 bits per heavy atom. The zero-order chi connectivity index (χ0) is 21.5. The highest BCUT2D eigenvalue weighted by Crippen LogP contribution is 2.23. The van der Waals surface area contributed by atoms with Crippen LogP contribution in [0.1, 0.15) is 24.2 Å². The van der Waals surface area contributed by atoms with Gasteiger partial charge in [-0.1, -0.05) is 11.6 Å². The predicted molar refractivity (Wildman–Crippen MR) is 113 cm³/mol. The predicted octanol–water partition coefficient (Wildman–Crippen LogP) is 3.38. The molecule has 4 N–H and O–H groups in total. The van der Waals surface area contributed by atoms with Gasteiger partial charge in [-0.3, -0.25) is 5.32 Å². The molecule has 2 aromatic rings. The first-order valence-electron chi connectivity index (χ1n) is 9.46. The van der Waals surface area contributed by atoms with E-state index in [4.69, 9.17) is 5.11 Å². The number of aryl methyl sites for hydroxylation is 1. The molecule has 3 amide bonds. The molecule has 0 bridgehead atoms. The molecule has 0 spiro atoms. The number of nitrogens with one attached hydrogen (secondary N) is 3. The van der Waals surface area contributed by atoms with Gasteiger partial charge in [0.05, 0.1) is 0 Å². The molecule has 0 aliphatic carbocycles. The van der Waals surface area contributed by atoms with E-state index in [9.17, 15) is 14.0 Å². The molecular weight excluding hydrogens is 411 g/mol. The molecule has 160 valence electrons. The third-order valence-electron chi connectivity index (χ3n) is 4.52. The number of carboxylic acid groups (broad SMARTS) is 1. The summed E-state index contributed by atoms with van der Waals surface area (Å²) in [5.41, 5.74) is 2.15. The first-order chi connectivity index (χ1) is 14.4. The van der Waals surface area contributed by atoms with Crippen LogP contribution in [0.15, 0.2) is 23.8 Å². The second-order valence-corrected chi connectivity index (χ2v) is 7.51. The Labute approximate surface area is 177 Å². The number of anilines is 2. The van der Waals surface area contributed by atoms with Gasteiger partial charge in [0.2, 0.25) is 5.13 Å². The fraction of sp³-hybridized carbons (Fsp3) is 0.368. The molecule has 3 rings (SSSR count). The summed E-state index contributed by atoms with van der Waals surface area (Å²) < 4.78 is 18.4. The van der Waals surface area contributed by atoms with E-state index in [1.165, 1.54) is 6.07 Å². The molecule has 9 nitrogen and oxygen atoms in total. The number of benzene rings is 1. The van der Waals surface area contributed by atoms with Crippen molar-refractivity contribution in [1.29, 1.82) is 0 Å². The number of carbonyl (C=O) groups is 2. The summed E-state index contributed by atoms with van der Waals surface area (Å²) in [5.74, 6) is 0.268. The van der Waals surface area contributed by atoms with Gasteiger partial charge in [0.25, 0.3) is 0 Å². The minimum atomic E-state index is -1.09. The van der Waals surface area contributed by atoms with Gasteiger partial charge in [-0.2, -0.15) is 4.37 Å². The molecule has 1 aromatic heterocycles. The van der Waals surface area contributed by atoms with Gasteiger partial charge in [-0.15, -0.1) is 0 Å². The van der Waals surface area contributed by atoms with Crippen molar-refractivity contribution >= 4 is 40.6 Å². The van der Waals surface area contributed by atoms with Gasteiger partial charge in [-0.05, 0) is 38.0 Å². The monoisotopic (exact) mass is 434 g/mol. The lowest BCUT2D eigenvalue weighted by Crippen LogP contribution is -2.39. The van der Waals surface area contributed by atoms with Gasteiger partial charge in [0, 0.05) is 49.0 Å². The topological polar surface area (TPSA) is 119 Å². The van der Waals surface area contributed by atoms with Crippen LogP contribution in [0.3, 0.4) is 0 Å². The van der Waals surface area contributed by atoms with E-state index < -0.39 is 6.09 Å². The van der Waals surface area contributed by atoms with Crippen molar-refractivity contribution in [3.8, 4) is 0 Å². The molecule has 0 atom stereocenters. The molecule has 1 aliphatic heterocycles. The number of piperidine rings is 1. The minimum Gasteiger partial charge on any atom is -0.465 e. The van der Waals surface area contributed by atoms with Crippen molar-refractivity contribution in [2.75, 3.05) is 36.8 Å².